The molecule has 3 fully saturated rings. The number of phenolic OH excluding ortho intramolecular Hbond substituents is 2. The number of β-lactam (4-membered cyclic amide) rings is 1. The first-order valence-corrected chi connectivity index (χ1v) is 22.2. The first-order valence-electron chi connectivity index (χ1n) is 20.2. The second-order valence-electron chi connectivity index (χ2n) is 16.2. The van der Waals surface area contributed by atoms with Crippen LogP contribution in [0.3, 0.4) is 0 Å². The van der Waals surface area contributed by atoms with E-state index < -0.39 is 86.6 Å². The van der Waals surface area contributed by atoms with Gasteiger partial charge in [0.2, 0.25) is 11.0 Å². The second-order valence-corrected chi connectivity index (χ2v) is 18.2. The van der Waals surface area contributed by atoms with Crippen LogP contribution in [0.25, 0.3) is 10.9 Å². The molecule has 0 radical (unpaired) electrons. The van der Waals surface area contributed by atoms with Crippen molar-refractivity contribution in [3.05, 3.63) is 86.0 Å². The number of fused-ring (bicyclic) bond motifs is 2. The van der Waals surface area contributed by atoms with Gasteiger partial charge in [-0.25, -0.2) is 19.0 Å². The van der Waals surface area contributed by atoms with Crippen molar-refractivity contribution in [3.8, 4) is 11.5 Å². The van der Waals surface area contributed by atoms with E-state index in [1.165, 1.54) is 43.3 Å². The normalized spacial score (nSPS) is 19.0. The number of thioether (sulfide) groups is 1. The van der Waals surface area contributed by atoms with Crippen LogP contribution in [0.15, 0.2) is 63.1 Å². The molecule has 9 N–H and O–H groups in total. The number of hydrogen-bond acceptors (Lipinski definition) is 17. The Morgan fingerprint density at radius 2 is 1.73 bits per heavy atom. The van der Waals surface area contributed by atoms with Crippen molar-refractivity contribution in [2.24, 2.45) is 5.16 Å². The third-order valence-corrected chi connectivity index (χ3v) is 13.4. The number of carboxylic acids is 2. The van der Waals surface area contributed by atoms with Gasteiger partial charge in [0.05, 0.1) is 11.2 Å². The van der Waals surface area contributed by atoms with Crippen LogP contribution in [0.5, 0.6) is 11.5 Å². The Labute approximate surface area is 380 Å². The summed E-state index contributed by atoms with van der Waals surface area (Å²) in [5.41, 5.74) is 7.40. The maximum absolute atomic E-state index is 15.6. The summed E-state index contributed by atoms with van der Waals surface area (Å²) >= 11 is 2.21. The molecule has 4 amide bonds. The largest absolute Gasteiger partial charge is 0.504 e. The number of pyridine rings is 1. The number of aromatic nitrogens is 2. The van der Waals surface area contributed by atoms with Gasteiger partial charge in [-0.1, -0.05) is 5.16 Å². The van der Waals surface area contributed by atoms with Crippen molar-refractivity contribution in [2.45, 2.75) is 49.7 Å². The Morgan fingerprint density at radius 1 is 1.00 bits per heavy atom. The number of oxime groups is 1. The third kappa shape index (κ3) is 8.78. The molecule has 1 saturated carbocycles. The highest BCUT2D eigenvalue weighted by Crippen LogP contribution is 2.41. The van der Waals surface area contributed by atoms with E-state index in [2.05, 4.69) is 26.3 Å². The van der Waals surface area contributed by atoms with E-state index in [0.717, 1.165) is 47.3 Å². The predicted octanol–water partition coefficient (Wildman–Crippen LogP) is 1.14. The van der Waals surface area contributed by atoms with Crippen molar-refractivity contribution in [1.82, 2.24) is 35.5 Å². The number of aliphatic carboxylic acids is 1. The number of amides is 4. The summed E-state index contributed by atoms with van der Waals surface area (Å²) in [6.07, 6.45) is 2.92. The number of thiazole rings is 1. The average molecular weight is 949 g/mol. The van der Waals surface area contributed by atoms with Gasteiger partial charge in [-0.3, -0.25) is 44.6 Å². The number of hydrazine groups is 1. The zero-order valence-corrected chi connectivity index (χ0v) is 36.6. The molecular weight excluding hydrogens is 908 g/mol. The lowest BCUT2D eigenvalue weighted by molar-refractivity contribution is -0.150. The standard InChI is InChI=1S/C41H41FN10O12S2/c1-41(2,39(63)47-46-33(56)18-3-6-27(53)28(54)11-18)64-48-29(24-17-66-40(43)44-24)34(57)45-30-35(58)52-31(38(61)62)19(16-65-36(30)52)14-49-7-9-50(10-8-49)26-13-25-21(12-23(26)42)32(55)22(37(59)60)15-51(25)20-4-5-20/h3,6,11-13,15,17,20,30,36,53-54H,4-5,7-10,14,16H2,1-2H3,(H2,43,44)(H,45,57)(H,46,56)(H,47,63)(H,59,60)(H,61,62)/b48-29+/t30-,36+/m0/s1. The van der Waals surface area contributed by atoms with Gasteiger partial charge >= 0.3 is 11.9 Å². The summed E-state index contributed by atoms with van der Waals surface area (Å²) in [7, 11) is 0. The molecule has 4 aliphatic rings. The van der Waals surface area contributed by atoms with Crippen LogP contribution in [0.2, 0.25) is 0 Å². The summed E-state index contributed by atoms with van der Waals surface area (Å²) in [5.74, 6) is -7.65. The van der Waals surface area contributed by atoms with E-state index >= 15 is 4.39 Å². The van der Waals surface area contributed by atoms with E-state index in [-0.39, 0.29) is 51.5 Å². The van der Waals surface area contributed by atoms with Gasteiger partial charge in [-0.15, -0.1) is 23.1 Å². The number of nitrogen functional groups attached to an aromatic ring is 1. The van der Waals surface area contributed by atoms with Gasteiger partial charge in [0.15, 0.2) is 22.3 Å². The van der Waals surface area contributed by atoms with Gasteiger partial charge in [-0.2, -0.15) is 0 Å². The molecule has 0 spiro atoms. The van der Waals surface area contributed by atoms with E-state index in [0.29, 0.717) is 37.3 Å². The van der Waals surface area contributed by atoms with Crippen LogP contribution in [0.1, 0.15) is 59.1 Å². The number of nitrogens with two attached hydrogens (primary N) is 1. The van der Waals surface area contributed by atoms with E-state index in [4.69, 9.17) is 10.6 Å². The smallest absolute Gasteiger partial charge is 0.352 e. The number of hydrogen-bond donors (Lipinski definition) is 8. The number of nitrogens with zero attached hydrogens (tertiary/aromatic N) is 6. The fourth-order valence-corrected chi connectivity index (χ4v) is 9.53. The zero-order chi connectivity index (χ0) is 47.4. The number of carboxylic acid groups (broad SMARTS) is 2. The van der Waals surface area contributed by atoms with Gasteiger partial charge in [-0.05, 0) is 62.6 Å². The van der Waals surface area contributed by atoms with Crippen molar-refractivity contribution in [3.63, 3.8) is 0 Å². The van der Waals surface area contributed by atoms with Gasteiger partial charge in [0.25, 0.3) is 23.6 Å². The highest BCUT2D eigenvalue weighted by Gasteiger charge is 2.54. The summed E-state index contributed by atoms with van der Waals surface area (Å²) in [6, 6.07) is 4.73. The topological polar surface area (TPSA) is 312 Å². The van der Waals surface area contributed by atoms with Gasteiger partial charge < -0.3 is 45.8 Å². The Bertz CT molecular complexity index is 2850. The molecule has 346 valence electrons. The zero-order valence-electron chi connectivity index (χ0n) is 34.9. The van der Waals surface area contributed by atoms with Gasteiger partial charge in [0, 0.05) is 67.0 Å². The molecule has 66 heavy (non-hydrogen) atoms. The molecule has 3 aliphatic heterocycles. The van der Waals surface area contributed by atoms with E-state index in [1.807, 2.05) is 9.80 Å². The molecule has 22 nitrogen and oxygen atoms in total. The van der Waals surface area contributed by atoms with Crippen molar-refractivity contribution in [1.29, 1.82) is 0 Å². The summed E-state index contributed by atoms with van der Waals surface area (Å²) < 4.78 is 17.3. The molecule has 2 atom stereocenters. The number of anilines is 2. The molecule has 5 heterocycles. The number of piperazine rings is 1. The first kappa shape index (κ1) is 45.3. The molecule has 1 aliphatic carbocycles. The number of aromatic hydroxyl groups is 2. The summed E-state index contributed by atoms with van der Waals surface area (Å²) in [4.78, 5) is 105. The molecule has 2 aromatic heterocycles. The number of halogens is 1. The minimum atomic E-state index is -1.84. The lowest BCUT2D eigenvalue weighted by atomic mass is 10.0. The van der Waals surface area contributed by atoms with Crippen LogP contribution < -0.4 is 32.2 Å². The average Bonchev–Trinajstić information content (AvgIpc) is 4.04. The van der Waals surface area contributed by atoms with Crippen LogP contribution in [0.4, 0.5) is 15.2 Å². The van der Waals surface area contributed by atoms with E-state index in [1.54, 1.807) is 10.6 Å². The quantitative estimate of drug-likeness (QED) is 0.0403. The SMILES string of the molecule is CC(C)(O/N=C(/C(=O)N[C@H]1C(=O)N2C(C(=O)O)=C(CN3CCN(c4cc5c(cc4F)c(=O)c(C(=O)O)cn5C4CC4)CC3)CS[C@H]12)c1csc(N)n1)C(=O)NNC(=O)c1ccc(O)c(O)c1. The molecule has 8 rings (SSSR count). The molecule has 0 unspecified atom stereocenters. The number of carbonyl (C=O) groups excluding carboxylic acids is 4. The first-order chi connectivity index (χ1) is 31.3. The number of aromatic carboxylic acids is 1. The molecular formula is C41H41FN10O12S2. The molecule has 25 heteroatoms. The Balaban J connectivity index is 0.915. The van der Waals surface area contributed by atoms with Crippen LogP contribution in [-0.4, -0.2) is 137 Å². The van der Waals surface area contributed by atoms with Crippen LogP contribution in [0, 0.1) is 5.82 Å². The van der Waals surface area contributed by atoms with Crippen molar-refractivity contribution in [2.75, 3.05) is 49.1 Å². The number of phenols is 2. The van der Waals surface area contributed by atoms with Crippen LogP contribution >= 0.6 is 23.1 Å². The highest BCUT2D eigenvalue weighted by molar-refractivity contribution is 8.00. The number of benzene rings is 2. The fraction of sp³-hybridized carbons (Fsp3) is 0.341. The fourth-order valence-electron chi connectivity index (χ4n) is 7.64. The lowest BCUT2D eigenvalue weighted by Crippen LogP contribution is -2.71. The summed E-state index contributed by atoms with van der Waals surface area (Å²) in [5, 5.41) is 46.2. The maximum Gasteiger partial charge on any atom is 0.352 e. The maximum atomic E-state index is 15.6. The Morgan fingerprint density at radius 3 is 2.36 bits per heavy atom. The summed E-state index contributed by atoms with van der Waals surface area (Å²) in [6.45, 7) is 4.21. The monoisotopic (exact) mass is 948 g/mol. The van der Waals surface area contributed by atoms with Crippen LogP contribution in [-0.2, 0) is 24.0 Å². The third-order valence-electron chi connectivity index (χ3n) is 11.4. The number of rotatable bonds is 13. The Kier molecular flexibility index (Phi) is 12.1. The lowest BCUT2D eigenvalue weighted by Gasteiger charge is -2.50. The van der Waals surface area contributed by atoms with Crippen molar-refractivity contribution >= 4 is 86.1 Å². The number of nitrogens with one attached hydrogen (secondary N) is 3. The second kappa shape index (κ2) is 17.6. The number of carbonyl (C=O) groups is 6. The molecule has 4 aromatic rings. The van der Waals surface area contributed by atoms with Gasteiger partial charge in [0.1, 0.15) is 34.2 Å². The molecule has 2 saturated heterocycles. The minimum absolute atomic E-state index is 0.00707. The Hall–Kier alpha value is -7.25. The minimum Gasteiger partial charge on any atom is -0.504 e. The van der Waals surface area contributed by atoms with Crippen molar-refractivity contribution < 1.29 is 58.4 Å². The van der Waals surface area contributed by atoms with E-state index in [9.17, 15) is 54.0 Å². The predicted molar refractivity (Wildman–Crippen MR) is 235 cm³/mol. The highest BCUT2D eigenvalue weighted by atomic mass is 32.2. The molecule has 0 bridgehead atoms. The molecule has 2 aromatic carbocycles.